The van der Waals surface area contributed by atoms with Crippen LogP contribution in [0, 0.1) is 29.4 Å². The van der Waals surface area contributed by atoms with Crippen molar-refractivity contribution in [2.45, 2.75) is 161 Å². The molecule has 0 saturated heterocycles. The third-order valence-corrected chi connectivity index (χ3v) is 14.0. The summed E-state index contributed by atoms with van der Waals surface area (Å²) in [7, 11) is 1.31. The summed E-state index contributed by atoms with van der Waals surface area (Å²) >= 11 is 0. The van der Waals surface area contributed by atoms with E-state index < -0.39 is 144 Å². The molecule has 26 nitrogen and oxygen atoms in total. The molecule has 87 heavy (non-hydrogen) atoms. The number of imidazole rings is 1. The van der Waals surface area contributed by atoms with Crippen LogP contribution in [0.4, 0.5) is 8.78 Å². The lowest BCUT2D eigenvalue weighted by atomic mass is 9.96. The highest BCUT2D eigenvalue weighted by atomic mass is 18.2. The zero-order valence-electron chi connectivity index (χ0n) is 50.4. The monoisotopic (exact) mass is 1220 g/mol. The number of halogens is 2. The number of nitrogens with two attached hydrogens (primary N) is 2. The summed E-state index contributed by atoms with van der Waals surface area (Å²) in [5, 5.41) is 33.0. The molecule has 2 aromatic carbocycles. The standard InChI is InChI=1S/C59H84F2N14O12/c1-31(2)21-43(47(76)26-50(79)70-44(53(63)81)22-32(3)4)72-58(86)46(25-37-28-64-30-67-37)71-51(80)29-75(8)59(87)52(33(5)6)74-54(82)34(7)68-57(85)45(24-36-27-66-41-14-10-9-13-38(36)41)73-56(84)42(18-19-48(62)77)69-49(78)15-11-12-20-65-55(83)35-16-17-39(60)40(61)23-35/h9-10,13-14,16-17,23,27-28,30-34,42-47,52,66,76H,11-12,15,18-22,24-26,29H2,1-8H3,(H2,62,77)(H2,63,81)(H,64,67)(H,65,83)(H,68,85)(H,69,78)(H,70,79)(H,71,80)(H,72,86)(H,73,84)(H,74,82)/t34-,42-,43-,44-,45-,46-,47-,52-/m0/s1/i60-1,61-1. The fourth-order valence-corrected chi connectivity index (χ4v) is 9.35. The van der Waals surface area contributed by atoms with E-state index in [9.17, 15) is 66.6 Å². The highest BCUT2D eigenvalue weighted by Crippen LogP contribution is 2.20. The van der Waals surface area contributed by atoms with Gasteiger partial charge in [-0.1, -0.05) is 59.7 Å². The van der Waals surface area contributed by atoms with E-state index in [1.807, 2.05) is 27.7 Å². The summed E-state index contributed by atoms with van der Waals surface area (Å²) in [5.41, 5.74) is 12.6. The van der Waals surface area contributed by atoms with Crippen molar-refractivity contribution in [1.82, 2.24) is 62.4 Å². The van der Waals surface area contributed by atoms with E-state index in [4.69, 9.17) is 11.5 Å². The Labute approximate surface area is 503 Å². The summed E-state index contributed by atoms with van der Waals surface area (Å²) in [6, 6.07) is 1.20. The van der Waals surface area contributed by atoms with Gasteiger partial charge in [-0.3, -0.25) is 52.7 Å². The Hall–Kier alpha value is -8.82. The van der Waals surface area contributed by atoms with Gasteiger partial charge in [0.05, 0.1) is 31.4 Å². The minimum atomic E-state index is -1.42. The van der Waals surface area contributed by atoms with Gasteiger partial charge in [0.25, 0.3) is 5.91 Å². The van der Waals surface area contributed by atoms with Gasteiger partial charge in [0.1, 0.15) is 36.3 Å². The maximum absolute atomic E-state index is 14.3. The van der Waals surface area contributed by atoms with Crippen LogP contribution in [0.15, 0.2) is 61.2 Å². The number of para-hydroxylation sites is 1. The van der Waals surface area contributed by atoms with Gasteiger partial charge in [-0.15, -0.1) is 0 Å². The van der Waals surface area contributed by atoms with Crippen LogP contribution in [0.2, 0.25) is 0 Å². The van der Waals surface area contributed by atoms with Crippen molar-refractivity contribution in [3.63, 3.8) is 0 Å². The molecule has 4 rings (SSSR count). The number of aromatic amines is 2. The molecule has 0 aliphatic carbocycles. The number of carbonyl (C=O) groups excluding carboxylic acids is 11. The van der Waals surface area contributed by atoms with Crippen molar-refractivity contribution in [3.8, 4) is 0 Å². The van der Waals surface area contributed by atoms with Gasteiger partial charge in [0, 0.05) is 73.8 Å². The second kappa shape index (κ2) is 34.4. The number of aliphatic hydroxyl groups is 1. The van der Waals surface area contributed by atoms with E-state index in [1.54, 1.807) is 44.3 Å². The minimum absolute atomic E-state index is 0.0227. The zero-order chi connectivity index (χ0) is 64.7. The normalized spacial score (nSPS) is 14.1. The molecule has 4 aromatic rings. The molecule has 0 bridgehead atoms. The van der Waals surface area contributed by atoms with Gasteiger partial charge in [0.15, 0.2) is 11.6 Å². The number of nitrogens with zero attached hydrogens (tertiary/aromatic N) is 2. The molecule has 15 N–H and O–H groups in total. The Balaban J connectivity index is 1.43. The largest absolute Gasteiger partial charge is 0.390 e. The lowest BCUT2D eigenvalue weighted by Gasteiger charge is -2.30. The molecule has 0 saturated carbocycles. The predicted molar refractivity (Wildman–Crippen MR) is 316 cm³/mol. The summed E-state index contributed by atoms with van der Waals surface area (Å²) < 4.78 is 27.0. The Morgan fingerprint density at radius 3 is 1.94 bits per heavy atom. The van der Waals surface area contributed by atoms with E-state index in [-0.39, 0.29) is 81.7 Å². The summed E-state index contributed by atoms with van der Waals surface area (Å²) in [6.45, 7) is 11.5. The Kier molecular flexibility index (Phi) is 27.9. The smallest absolute Gasteiger partial charge is 0.251 e. The summed E-state index contributed by atoms with van der Waals surface area (Å²) in [4.78, 5) is 158. The Morgan fingerprint density at radius 1 is 0.667 bits per heavy atom. The number of fused-ring (bicyclic) bond motifs is 1. The maximum atomic E-state index is 14.3. The van der Waals surface area contributed by atoms with Gasteiger partial charge >= 0.3 is 0 Å². The van der Waals surface area contributed by atoms with E-state index in [0.29, 0.717) is 22.2 Å². The molecular weight excluding hydrogens is 1130 g/mol. The number of unbranched alkanes of at least 4 members (excludes halogenated alkanes) is 1. The van der Waals surface area contributed by atoms with E-state index >= 15 is 0 Å². The number of H-pyrrole nitrogens is 2. The molecule has 8 atom stereocenters. The highest BCUT2D eigenvalue weighted by molar-refractivity contribution is 5.97. The summed E-state index contributed by atoms with van der Waals surface area (Å²) in [6.07, 6.45) is 2.56. The number of benzene rings is 2. The second-order valence-corrected chi connectivity index (χ2v) is 22.8. The molecule has 0 aliphatic rings. The molecule has 0 fully saturated rings. The molecule has 2 heterocycles. The Bertz CT molecular complexity index is 3030. The molecule has 28 heteroatoms. The van der Waals surface area contributed by atoms with Crippen molar-refractivity contribution in [1.29, 1.82) is 0 Å². The van der Waals surface area contributed by atoms with Crippen LogP contribution in [0.3, 0.4) is 0 Å². The molecule has 0 aliphatic heterocycles. The van der Waals surface area contributed by atoms with Crippen LogP contribution in [0.5, 0.6) is 0 Å². The van der Waals surface area contributed by atoms with Crippen LogP contribution < -0.4 is 54.0 Å². The van der Waals surface area contributed by atoms with E-state index in [0.717, 1.165) is 23.1 Å². The number of aliphatic hydroxyl groups excluding tert-OH is 1. The summed E-state index contributed by atoms with van der Waals surface area (Å²) in [5.74, 6) is -11.2. The van der Waals surface area contributed by atoms with Gasteiger partial charge in [-0.05, 0) is 86.6 Å². The van der Waals surface area contributed by atoms with Crippen molar-refractivity contribution in [2.24, 2.45) is 29.2 Å². The van der Waals surface area contributed by atoms with Crippen LogP contribution in [0.1, 0.15) is 121 Å². The predicted octanol–water partition coefficient (Wildman–Crippen LogP) is 0.677. The number of hydrogen-bond donors (Lipinski definition) is 13. The lowest BCUT2D eigenvalue weighted by molar-refractivity contribution is -0.140. The first kappa shape index (κ1) is 70.7. The highest BCUT2D eigenvalue weighted by Gasteiger charge is 2.35. The van der Waals surface area contributed by atoms with Crippen LogP contribution in [0.25, 0.3) is 10.9 Å². The number of rotatable bonds is 36. The second-order valence-electron chi connectivity index (χ2n) is 22.8. The third-order valence-electron chi connectivity index (χ3n) is 14.0. The van der Waals surface area contributed by atoms with Gasteiger partial charge in [-0.25, -0.2) is 13.8 Å². The van der Waals surface area contributed by atoms with E-state index in [1.165, 1.54) is 26.5 Å². The average molecular weight is 1220 g/mol. The quantitative estimate of drug-likeness (QED) is 0.0279. The average Bonchev–Trinajstić information content (AvgIpc) is 2.70. The molecule has 2 aromatic heterocycles. The topological polar surface area (TPSA) is 404 Å². The van der Waals surface area contributed by atoms with Gasteiger partial charge < -0.3 is 74.0 Å². The van der Waals surface area contributed by atoms with Crippen molar-refractivity contribution < 1.29 is 66.6 Å². The zero-order valence-corrected chi connectivity index (χ0v) is 50.4. The van der Waals surface area contributed by atoms with Crippen molar-refractivity contribution in [2.75, 3.05) is 20.1 Å². The van der Waals surface area contributed by atoms with Crippen LogP contribution in [-0.4, -0.2) is 158 Å². The number of amides is 11. The maximum Gasteiger partial charge on any atom is 0.251 e. The van der Waals surface area contributed by atoms with Gasteiger partial charge in [0.2, 0.25) is 59.1 Å². The first-order chi connectivity index (χ1) is 41.0. The fourth-order valence-electron chi connectivity index (χ4n) is 9.35. The van der Waals surface area contributed by atoms with Crippen molar-refractivity contribution in [3.05, 3.63) is 89.6 Å². The number of nitrogens with one attached hydrogen (secondary N) is 10. The number of primary amides is 2. The first-order valence-corrected chi connectivity index (χ1v) is 28.9. The molecular formula is C59H84F2N14O12. The SMILES string of the molecule is CC(C)C[C@H](NC(=O)C[C@H](O)[C@H](CC(C)C)NC(=O)[C@H](Cc1cnc[nH]1)NC(=O)CN(C)C(=O)[C@@H](NC(=O)[C@H](C)NC(=O)[C@H](Cc1c[nH]c2ccccc12)NC(=O)[C@H](CCC(N)=O)NC(=O)CCCCNC(=O)c1ccc([18F])c([18F])c1)C(C)C)C(N)=O. The van der Waals surface area contributed by atoms with E-state index in [2.05, 4.69) is 57.5 Å². The van der Waals surface area contributed by atoms with Crippen LogP contribution >= 0.6 is 0 Å². The molecule has 0 unspecified atom stereocenters. The molecule has 476 valence electrons. The molecule has 0 spiro atoms. The number of carbonyl (C=O) groups is 11. The van der Waals surface area contributed by atoms with Gasteiger partial charge in [-0.2, -0.15) is 0 Å². The fraction of sp³-hybridized carbons (Fsp3) is 0.525. The third kappa shape index (κ3) is 23.5. The number of hydrogen-bond acceptors (Lipinski definition) is 13. The molecule has 11 amide bonds. The number of likely N-dealkylation sites (N-methyl/N-ethyl adjacent to an activating group) is 1. The Morgan fingerprint density at radius 2 is 1.31 bits per heavy atom. The number of aromatic nitrogens is 3. The first-order valence-electron chi connectivity index (χ1n) is 28.9. The molecule has 0 radical (unpaired) electrons. The van der Waals surface area contributed by atoms with Crippen molar-refractivity contribution >= 4 is 75.9 Å². The minimum Gasteiger partial charge on any atom is -0.390 e. The lowest BCUT2D eigenvalue weighted by Crippen LogP contribution is -2.59. The van der Waals surface area contributed by atoms with Crippen LogP contribution in [-0.2, 0) is 60.8 Å².